The second-order valence-electron chi connectivity index (χ2n) is 9.43. The van der Waals surface area contributed by atoms with Crippen LogP contribution in [0, 0.1) is 5.82 Å². The highest BCUT2D eigenvalue weighted by atomic mass is 79.9. The van der Waals surface area contributed by atoms with Crippen LogP contribution in [0.2, 0.25) is 0 Å². The zero-order chi connectivity index (χ0) is 27.4. The lowest BCUT2D eigenvalue weighted by molar-refractivity contribution is 0.00264. The molecular weight excluding hydrogens is 551 g/mol. The molecule has 0 fully saturated rings. The standard InChI is InChI=1S/C30H32BrFN2O4/c1-34(2)15-14-30(35,20-8-6-9-22(18-20)36-3)27(23-10-7-11-26(37-4)28(23)32)24-17-19-16-21(31)12-13-25(19)33-29(24)38-5/h6-13,16-18,27,35H,14-15H2,1-5H3. The highest BCUT2D eigenvalue weighted by Gasteiger charge is 2.44. The van der Waals surface area contributed by atoms with Crippen molar-refractivity contribution in [3.63, 3.8) is 0 Å². The van der Waals surface area contributed by atoms with Crippen LogP contribution in [-0.4, -0.2) is 57.0 Å². The Labute approximate surface area is 231 Å². The highest BCUT2D eigenvalue weighted by Crippen LogP contribution is 2.49. The van der Waals surface area contributed by atoms with Gasteiger partial charge >= 0.3 is 0 Å². The van der Waals surface area contributed by atoms with E-state index in [2.05, 4.69) is 15.9 Å². The smallest absolute Gasteiger partial charge is 0.217 e. The number of methoxy groups -OCH3 is 3. The lowest BCUT2D eigenvalue weighted by atomic mass is 9.71. The summed E-state index contributed by atoms with van der Waals surface area (Å²) in [5.74, 6) is -0.483. The van der Waals surface area contributed by atoms with Gasteiger partial charge in [-0.3, -0.25) is 0 Å². The molecule has 1 aromatic heterocycles. The van der Waals surface area contributed by atoms with Crippen LogP contribution in [0.25, 0.3) is 10.9 Å². The fourth-order valence-electron chi connectivity index (χ4n) is 4.85. The normalized spacial score (nSPS) is 13.8. The van der Waals surface area contributed by atoms with Crippen molar-refractivity contribution in [2.45, 2.75) is 17.9 Å². The topological polar surface area (TPSA) is 64.1 Å². The molecule has 200 valence electrons. The van der Waals surface area contributed by atoms with Crippen molar-refractivity contribution in [1.82, 2.24) is 9.88 Å². The van der Waals surface area contributed by atoms with E-state index in [4.69, 9.17) is 19.2 Å². The number of ether oxygens (including phenoxy) is 3. The number of pyridine rings is 1. The van der Waals surface area contributed by atoms with Gasteiger partial charge in [0.25, 0.3) is 0 Å². The number of fused-ring (bicyclic) bond motifs is 1. The Kier molecular flexibility index (Phi) is 8.55. The summed E-state index contributed by atoms with van der Waals surface area (Å²) in [6, 6.07) is 19.9. The minimum absolute atomic E-state index is 0.0866. The summed E-state index contributed by atoms with van der Waals surface area (Å²) in [4.78, 5) is 6.73. The summed E-state index contributed by atoms with van der Waals surface area (Å²) in [5.41, 5.74) is 0.539. The molecule has 2 atom stereocenters. The van der Waals surface area contributed by atoms with E-state index in [1.165, 1.54) is 14.2 Å². The van der Waals surface area contributed by atoms with E-state index < -0.39 is 17.3 Å². The molecule has 1 N–H and O–H groups in total. The number of rotatable bonds is 10. The molecule has 3 aromatic carbocycles. The van der Waals surface area contributed by atoms with Crippen LogP contribution < -0.4 is 14.2 Å². The first-order valence-corrected chi connectivity index (χ1v) is 13.0. The molecule has 0 aliphatic rings. The molecule has 2 unspecified atom stereocenters. The van der Waals surface area contributed by atoms with Gasteiger partial charge in [-0.05, 0) is 68.5 Å². The molecule has 8 heteroatoms. The van der Waals surface area contributed by atoms with E-state index >= 15 is 4.39 Å². The molecule has 4 rings (SSSR count). The molecule has 0 aliphatic heterocycles. The Balaban J connectivity index is 2.09. The van der Waals surface area contributed by atoms with E-state index in [1.54, 1.807) is 31.4 Å². The van der Waals surface area contributed by atoms with Gasteiger partial charge in [0.2, 0.25) is 5.88 Å². The number of aromatic nitrogens is 1. The Hall–Kier alpha value is -3.20. The fourth-order valence-corrected chi connectivity index (χ4v) is 5.23. The second-order valence-corrected chi connectivity index (χ2v) is 10.3. The van der Waals surface area contributed by atoms with Gasteiger partial charge in [-0.15, -0.1) is 0 Å². The maximum atomic E-state index is 16.1. The minimum atomic E-state index is -1.58. The maximum Gasteiger partial charge on any atom is 0.217 e. The molecule has 0 saturated carbocycles. The van der Waals surface area contributed by atoms with Crippen LogP contribution >= 0.6 is 15.9 Å². The van der Waals surface area contributed by atoms with E-state index in [0.29, 0.717) is 29.3 Å². The monoisotopic (exact) mass is 582 g/mol. The number of halogens is 2. The van der Waals surface area contributed by atoms with Gasteiger partial charge in [-0.1, -0.05) is 40.2 Å². The van der Waals surface area contributed by atoms with Crippen molar-refractivity contribution >= 4 is 26.8 Å². The van der Waals surface area contributed by atoms with Crippen LogP contribution in [0.4, 0.5) is 4.39 Å². The van der Waals surface area contributed by atoms with E-state index in [9.17, 15) is 5.11 Å². The van der Waals surface area contributed by atoms with E-state index in [-0.39, 0.29) is 17.7 Å². The zero-order valence-electron chi connectivity index (χ0n) is 22.2. The molecule has 0 amide bonds. The number of aliphatic hydroxyl groups is 1. The van der Waals surface area contributed by atoms with Gasteiger partial charge in [0.05, 0.1) is 32.8 Å². The molecule has 38 heavy (non-hydrogen) atoms. The lowest BCUT2D eigenvalue weighted by Gasteiger charge is -2.39. The Bertz CT molecular complexity index is 1430. The first kappa shape index (κ1) is 27.8. The predicted octanol–water partition coefficient (Wildman–Crippen LogP) is 6.13. The summed E-state index contributed by atoms with van der Waals surface area (Å²) in [5, 5.41) is 13.6. The van der Waals surface area contributed by atoms with Gasteiger partial charge in [0.15, 0.2) is 11.6 Å². The first-order chi connectivity index (χ1) is 18.2. The van der Waals surface area contributed by atoms with Crippen molar-refractivity contribution < 1.29 is 23.7 Å². The third kappa shape index (κ3) is 5.48. The molecule has 0 radical (unpaired) electrons. The van der Waals surface area contributed by atoms with Gasteiger partial charge in [0, 0.05) is 27.5 Å². The second kappa shape index (κ2) is 11.7. The number of hydrogen-bond acceptors (Lipinski definition) is 6. The lowest BCUT2D eigenvalue weighted by Crippen LogP contribution is -2.38. The zero-order valence-corrected chi connectivity index (χ0v) is 23.8. The quantitative estimate of drug-likeness (QED) is 0.242. The third-order valence-electron chi connectivity index (χ3n) is 6.79. The predicted molar refractivity (Wildman–Crippen MR) is 151 cm³/mol. The summed E-state index contributed by atoms with van der Waals surface area (Å²) in [7, 11) is 8.39. The summed E-state index contributed by atoms with van der Waals surface area (Å²) in [6.07, 6.45) is 0.286. The molecular formula is C30H32BrFN2O4. The minimum Gasteiger partial charge on any atom is -0.497 e. The molecule has 0 bridgehead atoms. The van der Waals surface area contributed by atoms with Crippen LogP contribution in [0.15, 0.2) is 71.2 Å². The van der Waals surface area contributed by atoms with Crippen LogP contribution in [0.3, 0.4) is 0 Å². The third-order valence-corrected chi connectivity index (χ3v) is 7.28. The van der Waals surface area contributed by atoms with Gasteiger partial charge in [-0.2, -0.15) is 0 Å². The summed E-state index contributed by atoms with van der Waals surface area (Å²) in [6.45, 7) is 0.532. The van der Waals surface area contributed by atoms with Crippen molar-refractivity contribution in [3.05, 3.63) is 93.7 Å². The average Bonchev–Trinajstić information content (AvgIpc) is 2.92. The van der Waals surface area contributed by atoms with Crippen LogP contribution in [0.5, 0.6) is 17.4 Å². The number of benzene rings is 3. The molecule has 4 aromatic rings. The van der Waals surface area contributed by atoms with Gasteiger partial charge in [0.1, 0.15) is 11.4 Å². The SMILES string of the molecule is COc1cccc(C(O)(CCN(C)C)C(c2cc3cc(Br)ccc3nc2OC)c2cccc(OC)c2F)c1. The first-order valence-electron chi connectivity index (χ1n) is 12.2. The molecule has 0 spiro atoms. The van der Waals surface area contributed by atoms with E-state index in [0.717, 1.165) is 15.4 Å². The average molecular weight is 583 g/mol. The molecule has 0 saturated heterocycles. The summed E-state index contributed by atoms with van der Waals surface area (Å²) >= 11 is 3.53. The highest BCUT2D eigenvalue weighted by molar-refractivity contribution is 9.10. The van der Waals surface area contributed by atoms with Crippen molar-refractivity contribution in [2.24, 2.45) is 0 Å². The van der Waals surface area contributed by atoms with Crippen molar-refractivity contribution in [3.8, 4) is 17.4 Å². The van der Waals surface area contributed by atoms with Gasteiger partial charge in [-0.25, -0.2) is 9.37 Å². The molecule has 1 heterocycles. The Morgan fingerprint density at radius 1 is 0.947 bits per heavy atom. The van der Waals surface area contributed by atoms with Gasteiger partial charge < -0.3 is 24.2 Å². The molecule has 0 aliphatic carbocycles. The largest absolute Gasteiger partial charge is 0.497 e. The number of nitrogens with zero attached hydrogens (tertiary/aromatic N) is 2. The Morgan fingerprint density at radius 2 is 1.71 bits per heavy atom. The number of hydrogen-bond donors (Lipinski definition) is 1. The fraction of sp³-hybridized carbons (Fsp3) is 0.300. The van der Waals surface area contributed by atoms with Crippen molar-refractivity contribution in [1.29, 1.82) is 0 Å². The van der Waals surface area contributed by atoms with Crippen LogP contribution in [-0.2, 0) is 5.60 Å². The molecule has 6 nitrogen and oxygen atoms in total. The van der Waals surface area contributed by atoms with Crippen LogP contribution in [0.1, 0.15) is 29.0 Å². The summed E-state index contributed by atoms with van der Waals surface area (Å²) < 4.78 is 33.5. The maximum absolute atomic E-state index is 16.1. The van der Waals surface area contributed by atoms with E-state index in [1.807, 2.05) is 61.5 Å². The van der Waals surface area contributed by atoms with Crippen molar-refractivity contribution in [2.75, 3.05) is 42.0 Å². The Morgan fingerprint density at radius 3 is 2.39 bits per heavy atom.